The molecule has 11 heteroatoms. The molecule has 2 fully saturated rings. The molecule has 1 amide bonds. The van der Waals surface area contributed by atoms with Crippen LogP contribution in [0, 0.1) is 11.8 Å². The molecule has 5 rings (SSSR count). The van der Waals surface area contributed by atoms with Crippen molar-refractivity contribution in [2.45, 2.75) is 51.0 Å². The second-order valence-corrected chi connectivity index (χ2v) is 8.98. The normalized spacial score (nSPS) is 21.0. The molecule has 0 unspecified atom stereocenters. The van der Waals surface area contributed by atoms with Crippen molar-refractivity contribution in [1.82, 2.24) is 24.4 Å². The number of aliphatic hydroxyl groups excluding tert-OH is 1. The zero-order valence-corrected chi connectivity index (χ0v) is 18.1. The van der Waals surface area contributed by atoms with Crippen LogP contribution in [-0.2, 0) is 0 Å². The highest BCUT2D eigenvalue weighted by atomic mass is 19.3. The molecule has 3 aromatic rings. The van der Waals surface area contributed by atoms with E-state index in [2.05, 4.69) is 25.8 Å². The summed E-state index contributed by atoms with van der Waals surface area (Å²) in [5.74, 6) is 0.988. The molecular weight excluding hydrogens is 432 g/mol. The van der Waals surface area contributed by atoms with Gasteiger partial charge in [-0.25, -0.2) is 18.3 Å². The summed E-state index contributed by atoms with van der Waals surface area (Å²) in [5, 5.41) is 23.4. The van der Waals surface area contributed by atoms with Crippen LogP contribution in [0.2, 0.25) is 0 Å². The Bertz CT molecular complexity index is 1130. The number of aliphatic hydroxyl groups is 1. The molecule has 0 aromatic carbocycles. The monoisotopic (exact) mass is 459 g/mol. The molecule has 2 saturated carbocycles. The van der Waals surface area contributed by atoms with E-state index in [9.17, 15) is 18.7 Å². The lowest BCUT2D eigenvalue weighted by molar-refractivity contribution is 0.102. The fourth-order valence-electron chi connectivity index (χ4n) is 4.33. The molecule has 0 atom stereocenters. The smallest absolute Gasteiger partial charge is 0.284 e. The van der Waals surface area contributed by atoms with E-state index in [0.717, 1.165) is 32.2 Å². The number of carbonyl (C=O) groups excluding carboxylic acids is 1. The first-order valence-electron chi connectivity index (χ1n) is 11.4. The molecule has 0 spiro atoms. The maximum Gasteiger partial charge on any atom is 0.284 e. The van der Waals surface area contributed by atoms with Gasteiger partial charge in [0, 0.05) is 25.5 Å². The molecule has 33 heavy (non-hydrogen) atoms. The van der Waals surface area contributed by atoms with Gasteiger partial charge in [0.2, 0.25) is 0 Å². The topological polar surface area (TPSA) is 109 Å². The van der Waals surface area contributed by atoms with Crippen LogP contribution in [0.15, 0.2) is 24.7 Å². The third kappa shape index (κ3) is 4.68. The number of nitrogens with one attached hydrogen (secondary N) is 2. The minimum Gasteiger partial charge on any atom is -0.396 e. The minimum absolute atomic E-state index is 0.0124. The number of hydrogen-bond acceptors (Lipinski definition) is 6. The number of carbonyl (C=O) groups is 1. The highest BCUT2D eigenvalue weighted by Crippen LogP contribution is 2.34. The van der Waals surface area contributed by atoms with Gasteiger partial charge in [-0.3, -0.25) is 9.48 Å². The SMILES string of the molecule is O=C(Nc1cn(C2CCC(CO)CC2)nc1C(F)F)c1cnn2ccc(NCC3CC3)nc12. The van der Waals surface area contributed by atoms with Gasteiger partial charge in [0.05, 0.1) is 17.9 Å². The highest BCUT2D eigenvalue weighted by molar-refractivity contribution is 6.08. The summed E-state index contributed by atoms with van der Waals surface area (Å²) in [5.41, 5.74) is 0.0774. The Balaban J connectivity index is 1.35. The maximum atomic E-state index is 13.7. The Labute approximate surface area is 189 Å². The minimum atomic E-state index is -2.82. The molecule has 2 aliphatic carbocycles. The van der Waals surface area contributed by atoms with Gasteiger partial charge < -0.3 is 15.7 Å². The van der Waals surface area contributed by atoms with Gasteiger partial charge in [-0.2, -0.15) is 10.2 Å². The molecule has 2 aliphatic rings. The lowest BCUT2D eigenvalue weighted by atomic mass is 9.87. The van der Waals surface area contributed by atoms with E-state index in [1.807, 2.05) is 0 Å². The Morgan fingerprint density at radius 1 is 1.18 bits per heavy atom. The fraction of sp³-hybridized carbons (Fsp3) is 0.545. The maximum absolute atomic E-state index is 13.7. The highest BCUT2D eigenvalue weighted by Gasteiger charge is 2.27. The molecule has 3 heterocycles. The standard InChI is InChI=1S/C22H27F2N7O2/c23-20(24)19-17(11-31(29-19)15-5-3-14(12-32)4-6-15)27-22(33)16-10-26-30-8-7-18(28-21(16)30)25-9-13-1-2-13/h7-8,10-11,13-15,20,32H,1-6,9,12H2,(H,25,28)(H,27,33). The second kappa shape index (κ2) is 9.05. The predicted molar refractivity (Wildman–Crippen MR) is 117 cm³/mol. The van der Waals surface area contributed by atoms with Gasteiger partial charge in [-0.1, -0.05) is 0 Å². The molecule has 3 N–H and O–H groups in total. The van der Waals surface area contributed by atoms with E-state index < -0.39 is 18.0 Å². The van der Waals surface area contributed by atoms with E-state index in [1.54, 1.807) is 12.3 Å². The number of rotatable bonds is 8. The molecule has 0 saturated heterocycles. The van der Waals surface area contributed by atoms with Crippen molar-refractivity contribution in [3.05, 3.63) is 35.9 Å². The Morgan fingerprint density at radius 2 is 1.94 bits per heavy atom. The zero-order chi connectivity index (χ0) is 22.9. The molecule has 3 aromatic heterocycles. The van der Waals surface area contributed by atoms with Gasteiger partial charge in [-0.05, 0) is 56.4 Å². The second-order valence-electron chi connectivity index (χ2n) is 8.98. The van der Waals surface area contributed by atoms with Crippen LogP contribution in [0.4, 0.5) is 20.3 Å². The third-order valence-electron chi connectivity index (χ3n) is 6.55. The molecule has 0 radical (unpaired) electrons. The van der Waals surface area contributed by atoms with Crippen molar-refractivity contribution < 1.29 is 18.7 Å². The van der Waals surface area contributed by atoms with E-state index in [4.69, 9.17) is 0 Å². The average Bonchev–Trinajstić information content (AvgIpc) is 3.41. The van der Waals surface area contributed by atoms with Crippen LogP contribution in [-0.4, -0.2) is 48.5 Å². The largest absolute Gasteiger partial charge is 0.396 e. The summed E-state index contributed by atoms with van der Waals surface area (Å²) in [6.45, 7) is 0.969. The molecule has 176 valence electrons. The molecular formula is C22H27F2N7O2. The van der Waals surface area contributed by atoms with Crippen LogP contribution in [0.1, 0.15) is 67.0 Å². The van der Waals surface area contributed by atoms with Crippen molar-refractivity contribution in [2.75, 3.05) is 23.8 Å². The Kier molecular flexibility index (Phi) is 5.96. The quantitative estimate of drug-likeness (QED) is 0.474. The van der Waals surface area contributed by atoms with Gasteiger partial charge in [-0.15, -0.1) is 0 Å². The number of anilines is 2. The number of halogens is 2. The van der Waals surface area contributed by atoms with Crippen molar-refractivity contribution in [3.63, 3.8) is 0 Å². The summed E-state index contributed by atoms with van der Waals surface area (Å²) in [6.07, 6.45) is 7.29. The average molecular weight is 460 g/mol. The first-order valence-corrected chi connectivity index (χ1v) is 11.4. The lowest BCUT2D eigenvalue weighted by Crippen LogP contribution is -2.20. The summed E-state index contributed by atoms with van der Waals surface area (Å²) in [4.78, 5) is 17.5. The van der Waals surface area contributed by atoms with Crippen LogP contribution >= 0.6 is 0 Å². The predicted octanol–water partition coefficient (Wildman–Crippen LogP) is 3.66. The Morgan fingerprint density at radius 3 is 2.64 bits per heavy atom. The summed E-state index contributed by atoms with van der Waals surface area (Å²) in [6, 6.07) is 1.75. The van der Waals surface area contributed by atoms with Crippen molar-refractivity contribution in [1.29, 1.82) is 0 Å². The molecule has 0 aliphatic heterocycles. The number of nitrogens with zero attached hydrogens (tertiary/aromatic N) is 5. The van der Waals surface area contributed by atoms with Crippen molar-refractivity contribution in [2.24, 2.45) is 11.8 Å². The number of hydrogen-bond donors (Lipinski definition) is 3. The molecule has 0 bridgehead atoms. The first-order chi connectivity index (χ1) is 16.0. The number of alkyl halides is 2. The van der Waals surface area contributed by atoms with Gasteiger partial charge >= 0.3 is 0 Å². The summed E-state index contributed by atoms with van der Waals surface area (Å²) in [7, 11) is 0. The van der Waals surface area contributed by atoms with Gasteiger partial charge in [0.1, 0.15) is 11.4 Å². The lowest BCUT2D eigenvalue weighted by Gasteiger charge is -2.27. The summed E-state index contributed by atoms with van der Waals surface area (Å²) < 4.78 is 30.4. The number of fused-ring (bicyclic) bond motifs is 1. The van der Waals surface area contributed by atoms with Crippen LogP contribution in [0.5, 0.6) is 0 Å². The van der Waals surface area contributed by atoms with E-state index >= 15 is 0 Å². The molecule has 9 nitrogen and oxygen atoms in total. The zero-order valence-electron chi connectivity index (χ0n) is 18.1. The van der Waals surface area contributed by atoms with Gasteiger partial charge in [0.25, 0.3) is 12.3 Å². The van der Waals surface area contributed by atoms with Crippen LogP contribution in [0.3, 0.4) is 0 Å². The van der Waals surface area contributed by atoms with Gasteiger partial charge in [0.15, 0.2) is 11.3 Å². The summed E-state index contributed by atoms with van der Waals surface area (Å²) >= 11 is 0. The fourth-order valence-corrected chi connectivity index (χ4v) is 4.33. The van der Waals surface area contributed by atoms with Crippen LogP contribution < -0.4 is 10.6 Å². The van der Waals surface area contributed by atoms with E-state index in [0.29, 0.717) is 17.4 Å². The number of aromatic nitrogens is 5. The Hall–Kier alpha value is -3.08. The van der Waals surface area contributed by atoms with E-state index in [1.165, 1.54) is 34.4 Å². The third-order valence-corrected chi connectivity index (χ3v) is 6.55. The number of amides is 1. The van der Waals surface area contributed by atoms with Crippen molar-refractivity contribution >= 4 is 23.1 Å². The van der Waals surface area contributed by atoms with Crippen LogP contribution in [0.25, 0.3) is 5.65 Å². The first kappa shape index (κ1) is 21.7. The van der Waals surface area contributed by atoms with Crippen molar-refractivity contribution in [3.8, 4) is 0 Å². The van der Waals surface area contributed by atoms with E-state index in [-0.39, 0.29) is 29.8 Å².